The van der Waals surface area contributed by atoms with Crippen LogP contribution in [0.3, 0.4) is 0 Å². The Hall–Kier alpha value is -9.24. The Morgan fingerprint density at radius 1 is 0.300 bits per heavy atom. The van der Waals surface area contributed by atoms with E-state index in [0.717, 1.165) is 78.0 Å². The van der Waals surface area contributed by atoms with Gasteiger partial charge in [-0.1, -0.05) is 158 Å². The minimum absolute atomic E-state index is 0.751. The molecule has 0 aliphatic rings. The highest BCUT2D eigenvalue weighted by molar-refractivity contribution is 7.20. The molecule has 0 N–H and O–H groups in total. The van der Waals surface area contributed by atoms with Crippen LogP contribution in [0.25, 0.3) is 99.8 Å². The molecule has 0 aliphatic heterocycles. The Morgan fingerprint density at radius 2 is 0.800 bits per heavy atom. The van der Waals surface area contributed by atoms with Crippen LogP contribution in [0.2, 0.25) is 0 Å². The molecule has 8 heteroatoms. The molecular formula is C62H40N6OSi. The molecule has 328 valence electrons. The van der Waals surface area contributed by atoms with E-state index in [1.54, 1.807) is 0 Å². The summed E-state index contributed by atoms with van der Waals surface area (Å²) in [5.41, 5.74) is 12.0. The Labute approximate surface area is 401 Å². The van der Waals surface area contributed by atoms with E-state index >= 15 is 0 Å². The second-order valence-corrected chi connectivity index (χ2v) is 22.0. The van der Waals surface area contributed by atoms with Crippen molar-refractivity contribution in [2.45, 2.75) is 0 Å². The van der Waals surface area contributed by atoms with Gasteiger partial charge in [-0.3, -0.25) is 8.80 Å². The zero-order valence-corrected chi connectivity index (χ0v) is 38.7. The predicted octanol–water partition coefficient (Wildman–Crippen LogP) is 12.2. The summed E-state index contributed by atoms with van der Waals surface area (Å²) in [5, 5.41) is 9.70. The maximum absolute atomic E-state index is 6.37. The van der Waals surface area contributed by atoms with E-state index in [9.17, 15) is 0 Å². The van der Waals surface area contributed by atoms with Gasteiger partial charge in [0.1, 0.15) is 11.2 Å². The third-order valence-electron chi connectivity index (χ3n) is 14.5. The number of fused-ring (bicyclic) bond motifs is 15. The monoisotopic (exact) mass is 912 g/mol. The fourth-order valence-corrected chi connectivity index (χ4v) is 16.3. The minimum Gasteiger partial charge on any atom is -0.456 e. The quantitative estimate of drug-likeness (QED) is 0.123. The Kier molecular flexibility index (Phi) is 8.25. The zero-order valence-electron chi connectivity index (χ0n) is 37.7. The summed E-state index contributed by atoms with van der Waals surface area (Å²) in [6.45, 7) is 0. The third-order valence-corrected chi connectivity index (χ3v) is 19.3. The summed E-state index contributed by atoms with van der Waals surface area (Å²) in [6, 6.07) is 88.1. The number of furan rings is 1. The minimum atomic E-state index is -3.18. The number of benzene rings is 10. The van der Waals surface area contributed by atoms with Gasteiger partial charge in [-0.25, -0.2) is 14.5 Å². The molecule has 0 saturated heterocycles. The standard InChI is InChI=1S/C62H40N6OSi/c1-3-19-43(20-4-1)70(44-21-5-2-6-22-44,45-23-17-18-41(38-45)65-53-29-12-7-24-47(53)48-25-8-13-30-54(48)65)46-35-36-57-58(40-46)68-56-32-15-11-28-52(56)64-62(68)66(61-63-51-27-10-14-31-55(51)67(57)61)42-34-37-60-50(39-42)49-26-9-16-33-59(49)69-60/h1-40H. The van der Waals surface area contributed by atoms with Gasteiger partial charge in [-0.15, -0.1) is 0 Å². The number of aromatic nitrogens is 6. The smallest absolute Gasteiger partial charge is 0.223 e. The second kappa shape index (κ2) is 14.9. The molecule has 0 atom stereocenters. The second-order valence-electron chi connectivity index (χ2n) is 18.2. The molecule has 5 aromatic heterocycles. The van der Waals surface area contributed by atoms with E-state index in [1.807, 2.05) is 12.1 Å². The molecular weight excluding hydrogens is 873 g/mol. The molecule has 70 heavy (non-hydrogen) atoms. The fraction of sp³-hybridized carbons (Fsp3) is 0. The lowest BCUT2D eigenvalue weighted by Crippen LogP contribution is -2.74. The van der Waals surface area contributed by atoms with Crippen molar-refractivity contribution >= 4 is 117 Å². The molecule has 0 bridgehead atoms. The lowest BCUT2D eigenvalue weighted by Gasteiger charge is -2.35. The first-order valence-electron chi connectivity index (χ1n) is 23.7. The van der Waals surface area contributed by atoms with E-state index in [0.29, 0.717) is 0 Å². The number of rotatable bonds is 6. The summed E-state index contributed by atoms with van der Waals surface area (Å²) >= 11 is 0. The number of hydrogen-bond donors (Lipinski definition) is 0. The van der Waals surface area contributed by atoms with Crippen LogP contribution in [0, 0.1) is 0 Å². The van der Waals surface area contributed by atoms with E-state index in [2.05, 4.69) is 248 Å². The highest BCUT2D eigenvalue weighted by Gasteiger charge is 2.42. The molecule has 0 saturated carbocycles. The zero-order chi connectivity index (χ0) is 45.9. The predicted molar refractivity (Wildman–Crippen MR) is 290 cm³/mol. The largest absolute Gasteiger partial charge is 0.456 e. The summed E-state index contributed by atoms with van der Waals surface area (Å²) in [4.78, 5) is 11.0. The maximum atomic E-state index is 6.37. The highest BCUT2D eigenvalue weighted by Crippen LogP contribution is 2.35. The van der Waals surface area contributed by atoms with E-state index < -0.39 is 8.07 Å². The van der Waals surface area contributed by atoms with Gasteiger partial charge in [0.25, 0.3) is 0 Å². The van der Waals surface area contributed by atoms with Crippen molar-refractivity contribution in [3.63, 3.8) is 0 Å². The van der Waals surface area contributed by atoms with Gasteiger partial charge in [-0.2, -0.15) is 0 Å². The Balaban J connectivity index is 1.10. The summed E-state index contributed by atoms with van der Waals surface area (Å²) < 4.78 is 15.7. The SMILES string of the molecule is c1ccc([Si](c2ccccc2)(c2cccc(-n3c4ccccc4c4ccccc43)c2)c2ccc3c(c2)n2c4ccccc4nc2n(-c2ccc4oc5ccccc5c4c2)c2nc4ccccc4n32)cc1. The van der Waals surface area contributed by atoms with Crippen molar-refractivity contribution in [1.82, 2.24) is 27.9 Å². The molecule has 0 fully saturated rings. The third kappa shape index (κ3) is 5.44. The molecule has 15 aromatic rings. The van der Waals surface area contributed by atoms with Gasteiger partial charge in [0.2, 0.25) is 11.6 Å². The van der Waals surface area contributed by atoms with Gasteiger partial charge in [0.05, 0.1) is 49.8 Å². The molecule has 7 nitrogen and oxygen atoms in total. The lowest BCUT2D eigenvalue weighted by atomic mass is 10.1. The average Bonchev–Trinajstić information content (AvgIpc) is 4.18. The van der Waals surface area contributed by atoms with Crippen molar-refractivity contribution < 1.29 is 4.42 Å². The van der Waals surface area contributed by atoms with Gasteiger partial charge < -0.3 is 8.98 Å². The van der Waals surface area contributed by atoms with Crippen LogP contribution in [0.15, 0.2) is 247 Å². The highest BCUT2D eigenvalue weighted by atomic mass is 28.3. The van der Waals surface area contributed by atoms with Gasteiger partial charge in [0, 0.05) is 27.2 Å². The lowest BCUT2D eigenvalue weighted by molar-refractivity contribution is 0.669. The fourth-order valence-electron chi connectivity index (χ4n) is 11.6. The van der Waals surface area contributed by atoms with E-state index in [4.69, 9.17) is 14.4 Å². The molecule has 5 heterocycles. The Morgan fingerprint density at radius 3 is 1.46 bits per heavy atom. The molecule has 0 unspecified atom stereocenters. The molecule has 0 aliphatic carbocycles. The van der Waals surface area contributed by atoms with Crippen molar-refractivity contribution in [1.29, 1.82) is 0 Å². The number of hydrogen-bond acceptors (Lipinski definition) is 3. The van der Waals surface area contributed by atoms with E-state index in [1.165, 1.54) is 42.6 Å². The average molecular weight is 913 g/mol. The van der Waals surface area contributed by atoms with Crippen LogP contribution >= 0.6 is 0 Å². The first-order chi connectivity index (χ1) is 34.7. The van der Waals surface area contributed by atoms with Crippen LogP contribution in [-0.2, 0) is 0 Å². The topological polar surface area (TPSA) is 57.6 Å². The van der Waals surface area contributed by atoms with Gasteiger partial charge in [0.15, 0.2) is 8.07 Å². The summed E-state index contributed by atoms with van der Waals surface area (Å²) in [7, 11) is -3.18. The normalized spacial score (nSPS) is 12.3. The molecule has 0 amide bonds. The maximum Gasteiger partial charge on any atom is 0.223 e. The van der Waals surface area contributed by atoms with Crippen LogP contribution < -0.4 is 20.7 Å². The first-order valence-corrected chi connectivity index (χ1v) is 25.7. The molecule has 15 rings (SSSR count). The Bertz CT molecular complexity index is 4520. The molecule has 0 spiro atoms. The van der Waals surface area contributed by atoms with Crippen molar-refractivity contribution in [3.8, 4) is 11.4 Å². The van der Waals surface area contributed by atoms with Crippen LogP contribution in [0.4, 0.5) is 0 Å². The van der Waals surface area contributed by atoms with Crippen LogP contribution in [-0.4, -0.2) is 36.0 Å². The van der Waals surface area contributed by atoms with Crippen molar-refractivity contribution in [2.24, 2.45) is 0 Å². The van der Waals surface area contributed by atoms with Crippen LogP contribution in [0.1, 0.15) is 0 Å². The summed E-state index contributed by atoms with van der Waals surface area (Å²) in [6.07, 6.45) is 0. The van der Waals surface area contributed by atoms with E-state index in [-0.39, 0.29) is 0 Å². The number of imidazole rings is 2. The number of nitrogens with zero attached hydrogens (tertiary/aromatic N) is 6. The van der Waals surface area contributed by atoms with Gasteiger partial charge >= 0.3 is 0 Å². The van der Waals surface area contributed by atoms with Crippen LogP contribution in [0.5, 0.6) is 0 Å². The molecule has 10 aromatic carbocycles. The first kappa shape index (κ1) is 38.8. The molecule has 0 radical (unpaired) electrons. The van der Waals surface area contributed by atoms with Crippen molar-refractivity contribution in [2.75, 3.05) is 0 Å². The number of para-hydroxylation sites is 7. The summed E-state index contributed by atoms with van der Waals surface area (Å²) in [5.74, 6) is 1.51. The van der Waals surface area contributed by atoms with Crippen molar-refractivity contribution in [3.05, 3.63) is 243 Å². The van der Waals surface area contributed by atoms with Gasteiger partial charge in [-0.05, 0) is 106 Å².